The van der Waals surface area contributed by atoms with E-state index in [2.05, 4.69) is 21.0 Å². The van der Waals surface area contributed by atoms with Gasteiger partial charge in [-0.05, 0) is 32.1 Å². The van der Waals surface area contributed by atoms with Gasteiger partial charge in [0.25, 0.3) is 0 Å². The van der Waals surface area contributed by atoms with Crippen molar-refractivity contribution in [1.82, 2.24) is 0 Å². The van der Waals surface area contributed by atoms with Crippen LogP contribution in [-0.4, -0.2) is 37.6 Å². The number of nitrogens with two attached hydrogens (primary N) is 1. The number of hydrogen-bond donors (Lipinski definition) is 1. The molecule has 0 aliphatic heterocycles. The molecule has 0 bridgehead atoms. The predicted molar refractivity (Wildman–Crippen MR) is 124 cm³/mol. The summed E-state index contributed by atoms with van der Waals surface area (Å²) in [7, 11) is 4.82. The first kappa shape index (κ1) is 27.4. The van der Waals surface area contributed by atoms with E-state index in [0.717, 1.165) is 12.8 Å². The quantitative estimate of drug-likeness (QED) is 0.155. The van der Waals surface area contributed by atoms with Crippen LogP contribution in [-0.2, 0) is 4.79 Å². The monoisotopic (exact) mass is 397 g/mol. The number of rotatable bonds is 22. The minimum Gasteiger partial charge on any atom is -0.370 e. The molecule has 168 valence electrons. The number of carbonyl (C=O) groups excluding carboxylic acids is 1. The van der Waals surface area contributed by atoms with Crippen LogP contribution in [0.3, 0.4) is 0 Å². The second kappa shape index (κ2) is 19.7. The zero-order chi connectivity index (χ0) is 20.9. The lowest BCUT2D eigenvalue weighted by Gasteiger charge is -2.30. The molecule has 0 unspecified atom stereocenters. The standard InChI is InChI=1S/C25H52N2O/c1-4-5-6-7-8-9-11-14-17-20-23-27(2,3)24-21-18-15-12-10-13-16-19-22-25(26)28/h4-24H2,1-3H3,(H-,26,28)/p+1. The lowest BCUT2D eigenvalue weighted by molar-refractivity contribution is -0.890. The van der Waals surface area contributed by atoms with Gasteiger partial charge in [0.1, 0.15) is 0 Å². The lowest BCUT2D eigenvalue weighted by atomic mass is 10.1. The molecule has 0 aliphatic rings. The maximum atomic E-state index is 10.7. The van der Waals surface area contributed by atoms with Crippen molar-refractivity contribution in [3.8, 4) is 0 Å². The van der Waals surface area contributed by atoms with Crippen LogP contribution in [0.15, 0.2) is 0 Å². The Morgan fingerprint density at radius 1 is 0.571 bits per heavy atom. The predicted octanol–water partition coefficient (Wildman–Crippen LogP) is 6.98. The van der Waals surface area contributed by atoms with Crippen LogP contribution < -0.4 is 5.73 Å². The third-order valence-corrected chi connectivity index (χ3v) is 6.05. The third kappa shape index (κ3) is 21.7. The van der Waals surface area contributed by atoms with E-state index in [1.165, 1.54) is 120 Å². The molecule has 0 aliphatic carbocycles. The minimum atomic E-state index is -0.154. The highest BCUT2D eigenvalue weighted by atomic mass is 16.1. The fourth-order valence-electron chi connectivity index (χ4n) is 4.04. The largest absolute Gasteiger partial charge is 0.370 e. The molecule has 0 atom stereocenters. The number of unbranched alkanes of at least 4 members (excludes halogenated alkanes) is 16. The molecule has 0 aromatic carbocycles. The summed E-state index contributed by atoms with van der Waals surface area (Å²) < 4.78 is 1.20. The Labute approximate surface area is 177 Å². The molecule has 0 aromatic heterocycles. The zero-order valence-corrected chi connectivity index (χ0v) is 19.8. The maximum Gasteiger partial charge on any atom is 0.217 e. The van der Waals surface area contributed by atoms with Crippen LogP contribution in [0, 0.1) is 0 Å². The van der Waals surface area contributed by atoms with E-state index in [0.29, 0.717) is 6.42 Å². The average Bonchev–Trinajstić information content (AvgIpc) is 2.64. The van der Waals surface area contributed by atoms with Gasteiger partial charge in [-0.2, -0.15) is 0 Å². The van der Waals surface area contributed by atoms with Crippen molar-refractivity contribution in [3.63, 3.8) is 0 Å². The minimum absolute atomic E-state index is 0.154. The summed E-state index contributed by atoms with van der Waals surface area (Å²) in [6, 6.07) is 0. The number of primary amides is 1. The molecule has 0 radical (unpaired) electrons. The van der Waals surface area contributed by atoms with Gasteiger partial charge in [0.2, 0.25) is 5.91 Å². The number of amides is 1. The zero-order valence-electron chi connectivity index (χ0n) is 19.8. The van der Waals surface area contributed by atoms with E-state index in [1.54, 1.807) is 0 Å². The van der Waals surface area contributed by atoms with Gasteiger partial charge in [-0.25, -0.2) is 0 Å². The molecule has 0 saturated heterocycles. The Balaban J connectivity index is 3.33. The molecule has 0 fully saturated rings. The molecule has 0 heterocycles. The molecular formula is C25H53N2O+. The Morgan fingerprint density at radius 3 is 1.25 bits per heavy atom. The van der Waals surface area contributed by atoms with Gasteiger partial charge >= 0.3 is 0 Å². The summed E-state index contributed by atoms with van der Waals surface area (Å²) in [5, 5.41) is 0. The van der Waals surface area contributed by atoms with E-state index in [4.69, 9.17) is 5.73 Å². The van der Waals surface area contributed by atoms with Crippen LogP contribution >= 0.6 is 0 Å². The molecule has 1 amide bonds. The highest BCUT2D eigenvalue weighted by Gasteiger charge is 2.13. The Kier molecular flexibility index (Phi) is 19.3. The summed E-state index contributed by atoms with van der Waals surface area (Å²) in [5.74, 6) is -0.154. The first-order valence-electron chi connectivity index (χ1n) is 12.6. The molecule has 0 saturated carbocycles. The van der Waals surface area contributed by atoms with E-state index >= 15 is 0 Å². The second-order valence-electron chi connectivity index (χ2n) is 9.61. The smallest absolute Gasteiger partial charge is 0.217 e. The van der Waals surface area contributed by atoms with Gasteiger partial charge in [-0.1, -0.05) is 90.4 Å². The molecule has 3 nitrogen and oxygen atoms in total. The normalized spacial score (nSPS) is 11.8. The first-order valence-corrected chi connectivity index (χ1v) is 12.6. The van der Waals surface area contributed by atoms with Gasteiger partial charge in [0.05, 0.1) is 27.2 Å². The van der Waals surface area contributed by atoms with Gasteiger partial charge in [-0.3, -0.25) is 4.79 Å². The van der Waals surface area contributed by atoms with Crippen molar-refractivity contribution in [2.24, 2.45) is 5.73 Å². The number of carbonyl (C=O) groups is 1. The molecule has 0 aromatic rings. The van der Waals surface area contributed by atoms with Gasteiger partial charge < -0.3 is 10.2 Å². The number of hydrogen-bond acceptors (Lipinski definition) is 1. The van der Waals surface area contributed by atoms with E-state index in [9.17, 15) is 4.79 Å². The van der Waals surface area contributed by atoms with Crippen molar-refractivity contribution in [1.29, 1.82) is 0 Å². The van der Waals surface area contributed by atoms with Crippen molar-refractivity contribution < 1.29 is 9.28 Å². The van der Waals surface area contributed by atoms with Crippen LogP contribution in [0.1, 0.15) is 129 Å². The van der Waals surface area contributed by atoms with Gasteiger partial charge in [0, 0.05) is 6.42 Å². The summed E-state index contributed by atoms with van der Waals surface area (Å²) in [6.07, 6.45) is 25.0. The molecular weight excluding hydrogens is 344 g/mol. The second-order valence-corrected chi connectivity index (χ2v) is 9.61. The van der Waals surface area contributed by atoms with Crippen LogP contribution in [0.5, 0.6) is 0 Å². The molecule has 3 heteroatoms. The highest BCUT2D eigenvalue weighted by Crippen LogP contribution is 2.14. The SMILES string of the molecule is CCCCCCCCCCCC[N+](C)(C)CCCCCCCCCCC(N)=O. The highest BCUT2D eigenvalue weighted by molar-refractivity contribution is 5.73. The van der Waals surface area contributed by atoms with Crippen LogP contribution in [0.4, 0.5) is 0 Å². The van der Waals surface area contributed by atoms with Crippen LogP contribution in [0.2, 0.25) is 0 Å². The van der Waals surface area contributed by atoms with E-state index in [1.807, 2.05) is 0 Å². The van der Waals surface area contributed by atoms with E-state index < -0.39 is 0 Å². The van der Waals surface area contributed by atoms with E-state index in [-0.39, 0.29) is 5.91 Å². The topological polar surface area (TPSA) is 43.1 Å². The molecule has 0 rings (SSSR count). The average molecular weight is 398 g/mol. The number of nitrogens with zero attached hydrogens (tertiary/aromatic N) is 1. The maximum absolute atomic E-state index is 10.7. The van der Waals surface area contributed by atoms with Crippen molar-refractivity contribution in [2.45, 2.75) is 129 Å². The fraction of sp³-hybridized carbons (Fsp3) is 0.960. The Morgan fingerprint density at radius 2 is 0.893 bits per heavy atom. The number of quaternary nitrogens is 1. The summed E-state index contributed by atoms with van der Waals surface area (Å²) >= 11 is 0. The molecule has 2 N–H and O–H groups in total. The fourth-order valence-corrected chi connectivity index (χ4v) is 4.04. The van der Waals surface area contributed by atoms with Crippen molar-refractivity contribution >= 4 is 5.91 Å². The summed E-state index contributed by atoms with van der Waals surface area (Å²) in [6.45, 7) is 4.96. The summed E-state index contributed by atoms with van der Waals surface area (Å²) in [4.78, 5) is 10.7. The lowest BCUT2D eigenvalue weighted by Crippen LogP contribution is -2.41. The Bertz CT molecular complexity index is 341. The van der Waals surface area contributed by atoms with Gasteiger partial charge in [0.15, 0.2) is 0 Å². The van der Waals surface area contributed by atoms with Crippen molar-refractivity contribution in [3.05, 3.63) is 0 Å². The summed E-state index contributed by atoms with van der Waals surface area (Å²) in [5.41, 5.74) is 5.16. The van der Waals surface area contributed by atoms with Gasteiger partial charge in [-0.15, -0.1) is 0 Å². The Hall–Kier alpha value is -0.570. The molecule has 28 heavy (non-hydrogen) atoms. The molecule has 0 spiro atoms. The van der Waals surface area contributed by atoms with Crippen LogP contribution in [0.25, 0.3) is 0 Å². The first-order chi connectivity index (χ1) is 13.5. The third-order valence-electron chi connectivity index (χ3n) is 6.05. The van der Waals surface area contributed by atoms with Crippen molar-refractivity contribution in [2.75, 3.05) is 27.2 Å².